The number of benzene rings is 1. The van der Waals surface area contributed by atoms with E-state index in [1.54, 1.807) is 15.4 Å². The molecular formula is C23H25N5O4S. The second-order valence-corrected chi connectivity index (χ2v) is 9.84. The molecule has 1 spiro atoms. The average molecular weight is 468 g/mol. The molecule has 3 aliphatic rings. The molecule has 6 rings (SSSR count). The van der Waals surface area contributed by atoms with E-state index in [-0.39, 0.29) is 23.9 Å². The third kappa shape index (κ3) is 3.56. The molecule has 3 aliphatic heterocycles. The summed E-state index contributed by atoms with van der Waals surface area (Å²) in [7, 11) is 0. The number of nitrogens with zero attached hydrogens (tertiary/aromatic N) is 5. The third-order valence-electron chi connectivity index (χ3n) is 6.75. The molecule has 10 heteroatoms. The molecule has 5 heterocycles. The topological polar surface area (TPSA) is 91.5 Å². The molecular weight excluding hydrogens is 442 g/mol. The lowest BCUT2D eigenvalue weighted by Gasteiger charge is -2.37. The van der Waals surface area contributed by atoms with Crippen molar-refractivity contribution in [2.24, 2.45) is 0 Å². The van der Waals surface area contributed by atoms with Gasteiger partial charge in [0.05, 0.1) is 31.1 Å². The number of hydrogen-bond donors (Lipinski definition) is 0. The summed E-state index contributed by atoms with van der Waals surface area (Å²) in [6.45, 7) is 4.49. The lowest BCUT2D eigenvalue weighted by molar-refractivity contribution is -0.187. The van der Waals surface area contributed by atoms with Crippen LogP contribution >= 0.6 is 11.8 Å². The first kappa shape index (κ1) is 20.9. The molecule has 0 radical (unpaired) electrons. The maximum atomic E-state index is 13.4. The quantitative estimate of drug-likeness (QED) is 0.546. The van der Waals surface area contributed by atoms with Gasteiger partial charge in [-0.2, -0.15) is 5.10 Å². The molecule has 1 aromatic carbocycles. The van der Waals surface area contributed by atoms with Gasteiger partial charge >= 0.3 is 0 Å². The summed E-state index contributed by atoms with van der Waals surface area (Å²) in [4.78, 5) is 33.0. The molecule has 172 valence electrons. The van der Waals surface area contributed by atoms with Crippen LogP contribution in [0.5, 0.6) is 0 Å². The minimum atomic E-state index is -0.503. The first-order valence-corrected chi connectivity index (χ1v) is 12.3. The zero-order valence-electron chi connectivity index (χ0n) is 18.4. The van der Waals surface area contributed by atoms with Crippen molar-refractivity contribution in [2.75, 3.05) is 32.1 Å². The highest BCUT2D eigenvalue weighted by atomic mass is 32.2. The Labute approximate surface area is 194 Å². The Morgan fingerprint density at radius 1 is 1.18 bits per heavy atom. The molecule has 0 saturated carbocycles. The number of piperidine rings is 1. The van der Waals surface area contributed by atoms with Crippen LogP contribution in [0.15, 0.2) is 40.4 Å². The van der Waals surface area contributed by atoms with Crippen molar-refractivity contribution in [1.82, 2.24) is 24.2 Å². The van der Waals surface area contributed by atoms with Crippen LogP contribution in [0.25, 0.3) is 16.7 Å². The maximum absolute atomic E-state index is 13.4. The number of carbonyl (C=O) groups excluding carboxylic acids is 1. The van der Waals surface area contributed by atoms with Crippen LogP contribution in [-0.2, 0) is 14.3 Å². The van der Waals surface area contributed by atoms with Crippen LogP contribution in [0, 0.1) is 6.92 Å². The molecule has 1 unspecified atom stereocenters. The van der Waals surface area contributed by atoms with E-state index in [1.807, 2.05) is 36.1 Å². The zero-order valence-corrected chi connectivity index (χ0v) is 19.2. The Morgan fingerprint density at radius 3 is 2.64 bits per heavy atom. The molecule has 2 aromatic heterocycles. The smallest absolute Gasteiger partial charge is 0.265 e. The summed E-state index contributed by atoms with van der Waals surface area (Å²) in [5.41, 5.74) is 2.42. The summed E-state index contributed by atoms with van der Waals surface area (Å²) in [5, 5.41) is 5.53. The molecule has 0 aliphatic carbocycles. The molecule has 33 heavy (non-hydrogen) atoms. The predicted molar refractivity (Wildman–Crippen MR) is 123 cm³/mol. The highest BCUT2D eigenvalue weighted by molar-refractivity contribution is 7.99. The van der Waals surface area contributed by atoms with Gasteiger partial charge < -0.3 is 14.4 Å². The Bertz CT molecular complexity index is 1270. The molecule has 9 nitrogen and oxygen atoms in total. The molecule has 1 amide bonds. The van der Waals surface area contributed by atoms with Crippen molar-refractivity contribution in [2.45, 2.75) is 43.2 Å². The maximum Gasteiger partial charge on any atom is 0.265 e. The number of rotatable bonds is 3. The lowest BCUT2D eigenvalue weighted by Crippen LogP contribution is -2.47. The second-order valence-electron chi connectivity index (χ2n) is 8.86. The number of ether oxygens (including phenoxy) is 2. The second kappa shape index (κ2) is 7.96. The number of aryl methyl sites for hydroxylation is 1. The van der Waals surface area contributed by atoms with Crippen molar-refractivity contribution in [3.05, 3.63) is 46.4 Å². The minimum Gasteiger partial charge on any atom is -0.347 e. The third-order valence-corrected chi connectivity index (χ3v) is 7.85. The number of aromatic nitrogens is 4. The first-order chi connectivity index (χ1) is 16.0. The van der Waals surface area contributed by atoms with Crippen molar-refractivity contribution < 1.29 is 14.3 Å². The Balaban J connectivity index is 1.23. The molecule has 0 bridgehead atoms. The Hall–Kier alpha value is -2.69. The van der Waals surface area contributed by atoms with Gasteiger partial charge in [0, 0.05) is 38.1 Å². The van der Waals surface area contributed by atoms with Gasteiger partial charge in [0.2, 0.25) is 5.91 Å². The number of carbonyl (C=O) groups is 1. The fourth-order valence-corrected chi connectivity index (χ4v) is 6.00. The highest BCUT2D eigenvalue weighted by Gasteiger charge is 2.41. The summed E-state index contributed by atoms with van der Waals surface area (Å²) in [5.74, 6) is 0.211. The zero-order chi connectivity index (χ0) is 22.6. The molecule has 2 saturated heterocycles. The number of thioether (sulfide) groups is 1. The van der Waals surface area contributed by atoms with Crippen molar-refractivity contribution in [3.8, 4) is 5.69 Å². The summed E-state index contributed by atoms with van der Waals surface area (Å²) in [6, 6.07) is 7.74. The van der Waals surface area contributed by atoms with Gasteiger partial charge in [0.15, 0.2) is 16.6 Å². The summed E-state index contributed by atoms with van der Waals surface area (Å²) < 4.78 is 14.9. The van der Waals surface area contributed by atoms with E-state index in [0.717, 1.165) is 11.3 Å². The van der Waals surface area contributed by atoms with Crippen molar-refractivity contribution in [3.63, 3.8) is 0 Å². The summed E-state index contributed by atoms with van der Waals surface area (Å²) in [6.07, 6.45) is 3.24. The number of likely N-dealkylation sites (tertiary alicyclic amines) is 1. The van der Waals surface area contributed by atoms with Gasteiger partial charge in [0.1, 0.15) is 5.39 Å². The van der Waals surface area contributed by atoms with E-state index >= 15 is 0 Å². The van der Waals surface area contributed by atoms with Crippen molar-refractivity contribution >= 4 is 28.7 Å². The molecule has 2 fully saturated rings. The first-order valence-electron chi connectivity index (χ1n) is 11.3. The van der Waals surface area contributed by atoms with Crippen LogP contribution in [0.3, 0.4) is 0 Å². The van der Waals surface area contributed by atoms with E-state index in [2.05, 4.69) is 5.10 Å². The van der Waals surface area contributed by atoms with Crippen LogP contribution in [0.2, 0.25) is 0 Å². The Morgan fingerprint density at radius 2 is 1.91 bits per heavy atom. The van der Waals surface area contributed by atoms with E-state index in [4.69, 9.17) is 14.5 Å². The van der Waals surface area contributed by atoms with Gasteiger partial charge in [-0.05, 0) is 19.1 Å². The Kier molecular flexibility index (Phi) is 5.04. The van der Waals surface area contributed by atoms with E-state index in [9.17, 15) is 9.59 Å². The lowest BCUT2D eigenvalue weighted by atomic mass is 10.0. The molecule has 1 atom stereocenters. The monoisotopic (exact) mass is 467 g/mol. The average Bonchev–Trinajstić information content (AvgIpc) is 3.55. The standard InChI is InChI=1S/C23H25N5O4S/c1-15-2-4-16(5-3-15)28-20-18(13-24-28)21(30)27-17(14-33-22(27)25-20)12-19(29)26-8-6-23(7-9-26)31-10-11-32-23/h2-5,13,17H,6-12,14H2,1H3. The fraction of sp³-hybridized carbons (Fsp3) is 0.478. The predicted octanol–water partition coefficient (Wildman–Crippen LogP) is 2.29. The van der Waals surface area contributed by atoms with Gasteiger partial charge in [-0.1, -0.05) is 29.5 Å². The molecule has 3 aromatic rings. The molecule has 0 N–H and O–H groups in total. The van der Waals surface area contributed by atoms with Gasteiger partial charge in [-0.25, -0.2) is 9.67 Å². The van der Waals surface area contributed by atoms with Gasteiger partial charge in [-0.3, -0.25) is 14.2 Å². The van der Waals surface area contributed by atoms with Crippen LogP contribution in [-0.4, -0.2) is 68.0 Å². The van der Waals surface area contributed by atoms with Crippen LogP contribution in [0.1, 0.15) is 30.9 Å². The minimum absolute atomic E-state index is 0.0589. The van der Waals surface area contributed by atoms with Crippen LogP contribution in [0.4, 0.5) is 0 Å². The van der Waals surface area contributed by atoms with E-state index in [1.165, 1.54) is 11.8 Å². The van der Waals surface area contributed by atoms with Gasteiger partial charge in [0.25, 0.3) is 5.56 Å². The number of hydrogen-bond acceptors (Lipinski definition) is 7. The van der Waals surface area contributed by atoms with Gasteiger partial charge in [-0.15, -0.1) is 0 Å². The SMILES string of the molecule is Cc1ccc(-n2ncc3c(=O)n4c(nc32)SCC4CC(=O)N2CCC3(CC2)OCCO3)cc1. The van der Waals surface area contributed by atoms with Crippen LogP contribution < -0.4 is 5.56 Å². The normalized spacial score (nSPS) is 21.7. The van der Waals surface area contributed by atoms with E-state index in [0.29, 0.717) is 61.1 Å². The highest BCUT2D eigenvalue weighted by Crippen LogP contribution is 2.35. The fourth-order valence-electron chi connectivity index (χ4n) is 4.87. The largest absolute Gasteiger partial charge is 0.347 e. The van der Waals surface area contributed by atoms with Crippen molar-refractivity contribution in [1.29, 1.82) is 0 Å². The van der Waals surface area contributed by atoms with E-state index < -0.39 is 5.79 Å². The summed E-state index contributed by atoms with van der Waals surface area (Å²) >= 11 is 1.52. The number of amides is 1. The number of fused-ring (bicyclic) bond motifs is 2.